The lowest BCUT2D eigenvalue weighted by Gasteiger charge is -2.44. The zero-order chi connectivity index (χ0) is 22.3. The standard InChI is InChI=1S/C23H28N4O5/c28-17-13-27(23(30)19-12-24-8-9-25-19)20-7-6-18(32-21(20)15-31-14-17)10-22(29)26-11-16-4-2-1-3-5-16/h1-5,8-9,12,17-18,20-21,28H,6-7,10-11,13-15H2,(H,26,29)/t17-,18-,20-,21+/m1/s1. The highest BCUT2D eigenvalue weighted by molar-refractivity contribution is 5.92. The number of amides is 2. The van der Waals surface area contributed by atoms with Crippen molar-refractivity contribution in [3.05, 3.63) is 60.2 Å². The molecule has 0 aliphatic carbocycles. The Morgan fingerprint density at radius 2 is 2.00 bits per heavy atom. The van der Waals surface area contributed by atoms with Crippen molar-refractivity contribution in [3.8, 4) is 0 Å². The highest BCUT2D eigenvalue weighted by atomic mass is 16.5. The summed E-state index contributed by atoms with van der Waals surface area (Å²) in [6.07, 6.45) is 4.47. The molecule has 0 radical (unpaired) electrons. The molecule has 2 N–H and O–H groups in total. The molecule has 2 aliphatic heterocycles. The van der Waals surface area contributed by atoms with Gasteiger partial charge in [0.25, 0.3) is 5.91 Å². The molecule has 2 saturated heterocycles. The van der Waals surface area contributed by atoms with Gasteiger partial charge >= 0.3 is 0 Å². The third kappa shape index (κ3) is 5.67. The van der Waals surface area contributed by atoms with E-state index in [1.54, 1.807) is 4.90 Å². The van der Waals surface area contributed by atoms with E-state index < -0.39 is 6.10 Å². The molecule has 4 rings (SSSR count). The minimum atomic E-state index is -0.793. The third-order valence-corrected chi connectivity index (χ3v) is 5.77. The zero-order valence-corrected chi connectivity index (χ0v) is 17.8. The normalized spacial score (nSPS) is 25.8. The van der Waals surface area contributed by atoms with Crippen LogP contribution in [0.1, 0.15) is 35.3 Å². The fourth-order valence-electron chi connectivity index (χ4n) is 4.21. The summed E-state index contributed by atoms with van der Waals surface area (Å²) in [5, 5.41) is 13.2. The fourth-order valence-corrected chi connectivity index (χ4v) is 4.21. The van der Waals surface area contributed by atoms with Crippen LogP contribution in [-0.2, 0) is 20.8 Å². The highest BCUT2D eigenvalue weighted by Gasteiger charge is 2.40. The minimum Gasteiger partial charge on any atom is -0.389 e. The maximum absolute atomic E-state index is 13.1. The van der Waals surface area contributed by atoms with E-state index in [4.69, 9.17) is 9.47 Å². The van der Waals surface area contributed by atoms with E-state index in [1.807, 2.05) is 30.3 Å². The van der Waals surface area contributed by atoms with Gasteiger partial charge in [-0.3, -0.25) is 14.6 Å². The number of fused-ring (bicyclic) bond motifs is 1. The summed E-state index contributed by atoms with van der Waals surface area (Å²) in [5.74, 6) is -0.372. The molecule has 0 unspecified atom stereocenters. The molecule has 0 saturated carbocycles. The van der Waals surface area contributed by atoms with E-state index in [-0.39, 0.29) is 61.9 Å². The molecule has 1 aromatic heterocycles. The Morgan fingerprint density at radius 1 is 1.16 bits per heavy atom. The van der Waals surface area contributed by atoms with E-state index >= 15 is 0 Å². The topological polar surface area (TPSA) is 114 Å². The van der Waals surface area contributed by atoms with Gasteiger partial charge in [-0.2, -0.15) is 0 Å². The number of hydrogen-bond donors (Lipinski definition) is 2. The number of nitrogens with one attached hydrogen (secondary N) is 1. The van der Waals surface area contributed by atoms with Crippen LogP contribution < -0.4 is 5.32 Å². The monoisotopic (exact) mass is 440 g/mol. The Balaban J connectivity index is 1.38. The second-order valence-electron chi connectivity index (χ2n) is 8.15. The largest absolute Gasteiger partial charge is 0.389 e. The van der Waals surface area contributed by atoms with Gasteiger partial charge in [-0.1, -0.05) is 30.3 Å². The highest BCUT2D eigenvalue weighted by Crippen LogP contribution is 2.28. The molecular formula is C23H28N4O5. The van der Waals surface area contributed by atoms with Crippen molar-refractivity contribution >= 4 is 11.8 Å². The van der Waals surface area contributed by atoms with Crippen LogP contribution in [0.4, 0.5) is 0 Å². The van der Waals surface area contributed by atoms with Gasteiger partial charge in [0.15, 0.2) is 0 Å². The van der Waals surface area contributed by atoms with Crippen LogP contribution in [0, 0.1) is 0 Å². The summed E-state index contributed by atoms with van der Waals surface area (Å²) in [5.41, 5.74) is 1.26. The van der Waals surface area contributed by atoms with Gasteiger partial charge < -0.3 is 24.8 Å². The lowest BCUT2D eigenvalue weighted by atomic mass is 9.94. The van der Waals surface area contributed by atoms with Crippen molar-refractivity contribution in [2.24, 2.45) is 0 Å². The van der Waals surface area contributed by atoms with E-state index in [9.17, 15) is 14.7 Å². The number of ether oxygens (including phenoxy) is 2. The maximum Gasteiger partial charge on any atom is 0.274 e. The molecule has 2 aliphatic rings. The van der Waals surface area contributed by atoms with Crippen LogP contribution in [0.15, 0.2) is 48.9 Å². The first-order valence-corrected chi connectivity index (χ1v) is 10.9. The van der Waals surface area contributed by atoms with Gasteiger partial charge in [-0.05, 0) is 18.4 Å². The Hall–Kier alpha value is -2.88. The second kappa shape index (κ2) is 10.6. The van der Waals surface area contributed by atoms with Crippen molar-refractivity contribution in [2.45, 2.75) is 50.2 Å². The van der Waals surface area contributed by atoms with E-state index in [0.29, 0.717) is 19.4 Å². The molecule has 9 heteroatoms. The molecule has 0 spiro atoms. The molecule has 2 aromatic rings. The van der Waals surface area contributed by atoms with Crippen molar-refractivity contribution in [3.63, 3.8) is 0 Å². The van der Waals surface area contributed by atoms with Crippen LogP contribution >= 0.6 is 0 Å². The molecule has 3 heterocycles. The number of aliphatic hydroxyl groups is 1. The molecule has 0 bridgehead atoms. The van der Waals surface area contributed by atoms with Crippen molar-refractivity contribution < 1.29 is 24.2 Å². The molecule has 1 aromatic carbocycles. The molecule has 4 atom stereocenters. The van der Waals surface area contributed by atoms with Crippen LogP contribution in [-0.4, -0.2) is 75.9 Å². The number of β-amino-alcohol motifs (C(OH)–C–C–N with tert-alkyl or cyclic N) is 1. The molecule has 2 fully saturated rings. The lowest BCUT2D eigenvalue weighted by Crippen LogP contribution is -2.57. The van der Waals surface area contributed by atoms with Crippen molar-refractivity contribution in [1.29, 1.82) is 0 Å². The number of aliphatic hydroxyl groups excluding tert-OH is 1. The van der Waals surface area contributed by atoms with E-state index in [2.05, 4.69) is 15.3 Å². The van der Waals surface area contributed by atoms with E-state index in [1.165, 1.54) is 18.6 Å². The summed E-state index contributed by atoms with van der Waals surface area (Å²) >= 11 is 0. The molecule has 2 amide bonds. The number of benzene rings is 1. The zero-order valence-electron chi connectivity index (χ0n) is 17.8. The number of carbonyl (C=O) groups is 2. The van der Waals surface area contributed by atoms with Gasteiger partial charge in [0.1, 0.15) is 11.8 Å². The maximum atomic E-state index is 13.1. The van der Waals surface area contributed by atoms with Gasteiger partial charge in [-0.15, -0.1) is 0 Å². The van der Waals surface area contributed by atoms with Crippen molar-refractivity contribution in [1.82, 2.24) is 20.2 Å². The Bertz CT molecular complexity index is 898. The average molecular weight is 441 g/mol. The summed E-state index contributed by atoms with van der Waals surface area (Å²) < 4.78 is 11.8. The summed E-state index contributed by atoms with van der Waals surface area (Å²) in [4.78, 5) is 35.2. The number of carbonyl (C=O) groups excluding carboxylic acids is 2. The van der Waals surface area contributed by atoms with Crippen LogP contribution in [0.25, 0.3) is 0 Å². The summed E-state index contributed by atoms with van der Waals surface area (Å²) in [6.45, 7) is 0.954. The number of nitrogens with zero attached hydrogens (tertiary/aromatic N) is 3. The van der Waals surface area contributed by atoms with Crippen LogP contribution in [0.2, 0.25) is 0 Å². The van der Waals surface area contributed by atoms with Gasteiger partial charge in [0.2, 0.25) is 5.91 Å². The van der Waals surface area contributed by atoms with Crippen LogP contribution in [0.5, 0.6) is 0 Å². The fraction of sp³-hybridized carbons (Fsp3) is 0.478. The third-order valence-electron chi connectivity index (χ3n) is 5.77. The van der Waals surface area contributed by atoms with Gasteiger partial charge in [-0.25, -0.2) is 4.98 Å². The quantitative estimate of drug-likeness (QED) is 0.711. The minimum absolute atomic E-state index is 0.0769. The SMILES string of the molecule is O=C(C[C@H]1CC[C@@H]2[C@H](COC[C@H](O)CN2C(=O)c2cnccn2)O1)NCc1ccccc1. The smallest absolute Gasteiger partial charge is 0.274 e. The van der Waals surface area contributed by atoms with Crippen molar-refractivity contribution in [2.75, 3.05) is 19.8 Å². The summed E-state index contributed by atoms with van der Waals surface area (Å²) in [7, 11) is 0. The van der Waals surface area contributed by atoms with Gasteiger partial charge in [0, 0.05) is 25.5 Å². The Kier molecular flexibility index (Phi) is 7.41. The molecular weight excluding hydrogens is 412 g/mol. The first kappa shape index (κ1) is 22.3. The molecule has 32 heavy (non-hydrogen) atoms. The number of aromatic nitrogens is 2. The van der Waals surface area contributed by atoms with Crippen LogP contribution in [0.3, 0.4) is 0 Å². The predicted molar refractivity (Wildman–Crippen MR) is 114 cm³/mol. The van der Waals surface area contributed by atoms with Gasteiger partial charge in [0.05, 0.1) is 44.1 Å². The van der Waals surface area contributed by atoms with E-state index in [0.717, 1.165) is 5.56 Å². The Morgan fingerprint density at radius 3 is 2.78 bits per heavy atom. The average Bonchev–Trinajstić information content (AvgIpc) is 2.81. The Labute approximate surface area is 186 Å². The summed E-state index contributed by atoms with van der Waals surface area (Å²) in [6, 6.07) is 9.46. The molecule has 170 valence electrons. The first-order chi connectivity index (χ1) is 15.6. The second-order valence-corrected chi connectivity index (χ2v) is 8.15. The molecule has 9 nitrogen and oxygen atoms in total. The number of rotatable bonds is 5. The lowest BCUT2D eigenvalue weighted by molar-refractivity contribution is -0.151. The predicted octanol–water partition coefficient (Wildman–Crippen LogP) is 0.933. The number of hydrogen-bond acceptors (Lipinski definition) is 7. The first-order valence-electron chi connectivity index (χ1n) is 10.9.